The molecule has 0 aromatic heterocycles. The fourth-order valence-corrected chi connectivity index (χ4v) is 1.53. The molecule has 0 atom stereocenters. The van der Waals surface area contributed by atoms with Gasteiger partial charge >= 0.3 is 6.18 Å². The highest BCUT2D eigenvalue weighted by Gasteiger charge is 2.36. The second kappa shape index (κ2) is 5.26. The molecule has 1 aromatic rings. The van der Waals surface area contributed by atoms with Gasteiger partial charge in [-0.3, -0.25) is 0 Å². The zero-order valence-electron chi connectivity index (χ0n) is 9.29. The summed E-state index contributed by atoms with van der Waals surface area (Å²) in [7, 11) is 0. The fraction of sp³-hybridized carbons (Fsp3) is 0.200. The summed E-state index contributed by atoms with van der Waals surface area (Å²) in [6.45, 7) is 1.48. The zero-order valence-corrected chi connectivity index (χ0v) is 10.0. The van der Waals surface area contributed by atoms with Crippen LogP contribution in [0.5, 0.6) is 0 Å². The monoisotopic (exact) mass is 278 g/mol. The van der Waals surface area contributed by atoms with Crippen LogP contribution in [0.2, 0.25) is 5.02 Å². The average Bonchev–Trinajstić information content (AvgIpc) is 2.21. The van der Waals surface area contributed by atoms with Gasteiger partial charge in [-0.15, -0.1) is 5.10 Å². The molecule has 0 spiro atoms. The molecule has 0 amide bonds. The lowest BCUT2D eigenvalue weighted by Crippen LogP contribution is -2.21. The molecule has 18 heavy (non-hydrogen) atoms. The minimum absolute atomic E-state index is 0.205. The maximum absolute atomic E-state index is 12.8. The second-order valence-electron chi connectivity index (χ2n) is 3.43. The van der Waals surface area contributed by atoms with Gasteiger partial charge in [-0.05, 0) is 12.5 Å². The Morgan fingerprint density at radius 1 is 1.33 bits per heavy atom. The largest absolute Gasteiger partial charge is 0.418 e. The summed E-state index contributed by atoms with van der Waals surface area (Å²) in [6.07, 6.45) is -3.68. The number of alkyl halides is 3. The first kappa shape index (κ1) is 14.3. The van der Waals surface area contributed by atoms with E-state index in [1.54, 1.807) is 0 Å². The number of halogens is 4. The molecule has 0 saturated carbocycles. The Balaban J connectivity index is 3.33. The number of hydrogen-bond acceptors (Lipinski definition) is 2. The van der Waals surface area contributed by atoms with E-state index in [1.807, 2.05) is 0 Å². The summed E-state index contributed by atoms with van der Waals surface area (Å²) in [5.74, 6) is -0.349. The summed E-state index contributed by atoms with van der Waals surface area (Å²) in [6, 6.07) is 2.70. The third-order valence-electron chi connectivity index (χ3n) is 2.02. The van der Waals surface area contributed by atoms with Crippen molar-refractivity contribution < 1.29 is 13.2 Å². The van der Waals surface area contributed by atoms with Gasteiger partial charge in [-0.2, -0.15) is 18.3 Å². The zero-order chi connectivity index (χ0) is 13.9. The molecule has 0 heterocycles. The summed E-state index contributed by atoms with van der Waals surface area (Å²) in [4.78, 5) is 0. The molecule has 4 nitrogen and oxygen atoms in total. The van der Waals surface area contributed by atoms with Crippen molar-refractivity contribution in [2.45, 2.75) is 13.1 Å². The number of rotatable bonds is 2. The Morgan fingerprint density at radius 2 is 1.94 bits per heavy atom. The molecule has 0 fully saturated rings. The molecular weight excluding hydrogens is 269 g/mol. The maximum Gasteiger partial charge on any atom is 0.418 e. The van der Waals surface area contributed by atoms with Gasteiger partial charge in [0.15, 0.2) is 0 Å². The minimum Gasteiger partial charge on any atom is -0.369 e. The Kier molecular flexibility index (Phi) is 4.18. The highest BCUT2D eigenvalue weighted by molar-refractivity contribution is 6.32. The predicted molar refractivity (Wildman–Crippen MR) is 64.6 cm³/mol. The molecule has 0 saturated heterocycles. The van der Waals surface area contributed by atoms with E-state index in [0.29, 0.717) is 5.56 Å². The number of nitrogens with zero attached hydrogens (tertiary/aromatic N) is 2. The van der Waals surface area contributed by atoms with Crippen LogP contribution in [-0.2, 0) is 6.18 Å². The highest BCUT2D eigenvalue weighted by atomic mass is 35.5. The van der Waals surface area contributed by atoms with Gasteiger partial charge in [0.05, 0.1) is 16.8 Å². The molecule has 0 radical (unpaired) electrons. The molecule has 98 valence electrons. The topological polar surface area (TPSA) is 76.8 Å². The van der Waals surface area contributed by atoms with E-state index in [2.05, 4.69) is 10.2 Å². The summed E-state index contributed by atoms with van der Waals surface area (Å²) in [5.41, 5.74) is 9.16. The quantitative estimate of drug-likeness (QED) is 0.495. The number of aryl methyl sites for hydroxylation is 1. The van der Waals surface area contributed by atoms with E-state index in [9.17, 15) is 13.2 Å². The molecule has 0 aliphatic rings. The van der Waals surface area contributed by atoms with E-state index in [0.717, 1.165) is 6.21 Å². The average molecular weight is 279 g/mol. The smallest absolute Gasteiger partial charge is 0.369 e. The van der Waals surface area contributed by atoms with Crippen molar-refractivity contribution in [3.63, 3.8) is 0 Å². The SMILES string of the molecule is Cc1ccc(C=NN=C(N)N)c(C(F)(F)F)c1Cl. The summed E-state index contributed by atoms with van der Waals surface area (Å²) in [5, 5.41) is 6.20. The van der Waals surface area contributed by atoms with E-state index in [-0.39, 0.29) is 16.5 Å². The lowest BCUT2D eigenvalue weighted by atomic mass is 10.0. The van der Waals surface area contributed by atoms with E-state index in [4.69, 9.17) is 23.1 Å². The van der Waals surface area contributed by atoms with Crippen LogP contribution < -0.4 is 11.5 Å². The van der Waals surface area contributed by atoms with E-state index in [1.165, 1.54) is 19.1 Å². The minimum atomic E-state index is -4.58. The lowest BCUT2D eigenvalue weighted by molar-refractivity contribution is -0.137. The van der Waals surface area contributed by atoms with Crippen LogP contribution in [0.15, 0.2) is 22.3 Å². The van der Waals surface area contributed by atoms with Gasteiger partial charge in [0.1, 0.15) is 0 Å². The van der Waals surface area contributed by atoms with Gasteiger partial charge in [0.25, 0.3) is 0 Å². The third kappa shape index (κ3) is 3.36. The van der Waals surface area contributed by atoms with Crippen LogP contribution in [0.25, 0.3) is 0 Å². The van der Waals surface area contributed by atoms with Crippen molar-refractivity contribution in [1.82, 2.24) is 0 Å². The molecule has 1 aromatic carbocycles. The molecule has 8 heteroatoms. The van der Waals surface area contributed by atoms with Crippen molar-refractivity contribution in [2.75, 3.05) is 0 Å². The molecule has 0 aliphatic heterocycles. The standard InChI is InChI=1S/C10H10ClF3N4/c1-5-2-3-6(4-17-18-9(15)16)7(8(5)11)10(12,13)14/h2-4H,1H3,(H4,15,16,18). The van der Waals surface area contributed by atoms with Crippen molar-refractivity contribution >= 4 is 23.8 Å². The van der Waals surface area contributed by atoms with Crippen LogP contribution in [0.1, 0.15) is 16.7 Å². The molecule has 1 rings (SSSR count). The van der Waals surface area contributed by atoms with Crippen LogP contribution in [0, 0.1) is 6.92 Å². The summed E-state index contributed by atoms with van der Waals surface area (Å²) >= 11 is 5.66. The molecule has 0 bridgehead atoms. The van der Waals surface area contributed by atoms with Crippen LogP contribution in [-0.4, -0.2) is 12.2 Å². The normalized spacial score (nSPS) is 11.8. The maximum atomic E-state index is 12.8. The van der Waals surface area contributed by atoms with Gasteiger partial charge in [0, 0.05) is 5.56 Å². The van der Waals surface area contributed by atoms with Crippen LogP contribution in [0.3, 0.4) is 0 Å². The lowest BCUT2D eigenvalue weighted by Gasteiger charge is -2.13. The number of nitrogens with two attached hydrogens (primary N) is 2. The predicted octanol–water partition coefficient (Wildman–Crippen LogP) is 2.27. The van der Waals surface area contributed by atoms with Gasteiger partial charge in [-0.25, -0.2) is 0 Å². The molecule has 0 aliphatic carbocycles. The summed E-state index contributed by atoms with van der Waals surface area (Å²) < 4.78 is 38.5. The van der Waals surface area contributed by atoms with E-state index >= 15 is 0 Å². The first-order valence-corrected chi connectivity index (χ1v) is 5.09. The van der Waals surface area contributed by atoms with Crippen molar-refractivity contribution in [3.8, 4) is 0 Å². The number of hydrogen-bond donors (Lipinski definition) is 2. The third-order valence-corrected chi connectivity index (χ3v) is 2.51. The molecule has 0 unspecified atom stereocenters. The van der Waals surface area contributed by atoms with Crippen LogP contribution >= 0.6 is 11.6 Å². The Morgan fingerprint density at radius 3 is 2.44 bits per heavy atom. The van der Waals surface area contributed by atoms with Crippen LogP contribution in [0.4, 0.5) is 13.2 Å². The van der Waals surface area contributed by atoms with Gasteiger partial charge < -0.3 is 11.5 Å². The number of benzene rings is 1. The van der Waals surface area contributed by atoms with Gasteiger partial charge in [-0.1, -0.05) is 23.7 Å². The van der Waals surface area contributed by atoms with E-state index < -0.39 is 11.7 Å². The second-order valence-corrected chi connectivity index (χ2v) is 3.81. The Hall–Kier alpha value is -1.76. The van der Waals surface area contributed by atoms with Crippen molar-refractivity contribution in [1.29, 1.82) is 0 Å². The van der Waals surface area contributed by atoms with Gasteiger partial charge in [0.2, 0.25) is 5.96 Å². The first-order valence-electron chi connectivity index (χ1n) is 4.71. The number of guanidine groups is 1. The first-order chi connectivity index (χ1) is 8.23. The molecular formula is C10H10ClF3N4. The fourth-order valence-electron chi connectivity index (χ4n) is 1.25. The Bertz CT molecular complexity index is 505. The van der Waals surface area contributed by atoms with Crippen molar-refractivity contribution in [3.05, 3.63) is 33.8 Å². The Labute approximate surface area is 106 Å². The highest BCUT2D eigenvalue weighted by Crippen LogP contribution is 2.38. The van der Waals surface area contributed by atoms with Crippen molar-refractivity contribution in [2.24, 2.45) is 21.7 Å². The molecule has 4 N–H and O–H groups in total.